The number of amides is 1. The smallest absolute Gasteiger partial charge is 0.392 e. The maximum Gasteiger partial charge on any atom is 0.408 e. The van der Waals surface area contributed by atoms with E-state index in [2.05, 4.69) is 11.9 Å². The summed E-state index contributed by atoms with van der Waals surface area (Å²) in [6.07, 6.45) is 4.13. The van der Waals surface area contributed by atoms with E-state index in [1.54, 1.807) is 43.9 Å². The van der Waals surface area contributed by atoms with E-state index in [0.717, 1.165) is 5.57 Å². The average molecular weight is 544 g/mol. The first-order valence-electron chi connectivity index (χ1n) is 13.9. The molecule has 0 aromatic rings. The molecule has 1 rings (SSSR count). The van der Waals surface area contributed by atoms with E-state index >= 15 is 0 Å². The minimum Gasteiger partial charge on any atom is -0.392 e. The Balaban J connectivity index is 0. The largest absolute Gasteiger partial charge is 0.408 e. The third-order valence-corrected chi connectivity index (χ3v) is 5.90. The van der Waals surface area contributed by atoms with Crippen molar-refractivity contribution in [3.8, 4) is 0 Å². The molecule has 2 atom stereocenters. The van der Waals surface area contributed by atoms with Gasteiger partial charge in [0, 0.05) is 26.2 Å². The van der Waals surface area contributed by atoms with Crippen molar-refractivity contribution in [1.29, 1.82) is 0 Å². The van der Waals surface area contributed by atoms with Gasteiger partial charge < -0.3 is 15.3 Å². The third kappa shape index (κ3) is 13.0. The van der Waals surface area contributed by atoms with Crippen molar-refractivity contribution in [2.24, 2.45) is 5.92 Å². The van der Waals surface area contributed by atoms with Gasteiger partial charge in [-0.2, -0.15) is 13.2 Å². The number of allylic oxidation sites excluding steroid dienone is 3. The molecule has 0 aromatic heterocycles. The zero-order chi connectivity index (χ0) is 29.9. The van der Waals surface area contributed by atoms with Gasteiger partial charge in [0.15, 0.2) is 0 Å². The Labute approximate surface area is 229 Å². The lowest BCUT2D eigenvalue weighted by Crippen LogP contribution is -2.50. The lowest BCUT2D eigenvalue weighted by Gasteiger charge is -2.36. The molecule has 220 valence electrons. The number of aliphatic hydroxyl groups is 1. The van der Waals surface area contributed by atoms with Gasteiger partial charge in [-0.15, -0.1) is 0 Å². The van der Waals surface area contributed by atoms with Crippen LogP contribution in [0.25, 0.3) is 0 Å². The van der Waals surface area contributed by atoms with Crippen LogP contribution in [0.1, 0.15) is 68.7 Å². The van der Waals surface area contributed by atoms with Crippen LogP contribution < -0.4 is 5.32 Å². The lowest BCUT2D eigenvalue weighted by molar-refractivity contribution is -0.173. The number of carbonyl (C=O) groups excluding carboxylic acids is 1. The summed E-state index contributed by atoms with van der Waals surface area (Å²) in [5.41, 5.74) is 2.14. The van der Waals surface area contributed by atoms with Gasteiger partial charge >= 0.3 is 6.18 Å². The summed E-state index contributed by atoms with van der Waals surface area (Å²) in [6, 6.07) is -1.73. The van der Waals surface area contributed by atoms with Crippen molar-refractivity contribution in [2.45, 2.75) is 81.0 Å². The Kier molecular flexibility index (Phi) is 20.5. The van der Waals surface area contributed by atoms with Crippen molar-refractivity contribution >= 4 is 5.91 Å². The molecular formula is C30H52F3N3O2. The molecule has 2 N–H and O–H groups in total. The van der Waals surface area contributed by atoms with Crippen LogP contribution in [0.15, 0.2) is 59.4 Å². The topological polar surface area (TPSA) is 55.8 Å². The van der Waals surface area contributed by atoms with E-state index < -0.39 is 12.2 Å². The molecule has 8 heteroatoms. The number of hydrogen-bond acceptors (Lipinski definition) is 4. The van der Waals surface area contributed by atoms with Crippen LogP contribution in [-0.2, 0) is 4.79 Å². The summed E-state index contributed by atoms with van der Waals surface area (Å²) in [5, 5.41) is 12.1. The summed E-state index contributed by atoms with van der Waals surface area (Å²) in [4.78, 5) is 16.1. The molecule has 0 aliphatic carbocycles. The number of carbonyl (C=O) groups is 1. The summed E-state index contributed by atoms with van der Waals surface area (Å²) in [5.74, 6) is -0.317. The summed E-state index contributed by atoms with van der Waals surface area (Å²) >= 11 is 0. The quantitative estimate of drug-likeness (QED) is 0.255. The minimum atomic E-state index is -4.44. The van der Waals surface area contributed by atoms with E-state index in [9.17, 15) is 18.0 Å². The number of alkyl halides is 3. The van der Waals surface area contributed by atoms with Gasteiger partial charge in [0.05, 0.1) is 6.61 Å². The van der Waals surface area contributed by atoms with Crippen molar-refractivity contribution in [3.05, 3.63) is 59.4 Å². The average Bonchev–Trinajstić information content (AvgIpc) is 3.37. The van der Waals surface area contributed by atoms with E-state index in [1.165, 1.54) is 17.1 Å². The molecule has 2 unspecified atom stereocenters. The van der Waals surface area contributed by atoms with Crippen molar-refractivity contribution in [3.63, 3.8) is 0 Å². The number of halogens is 3. The van der Waals surface area contributed by atoms with Gasteiger partial charge in [-0.05, 0) is 50.5 Å². The monoisotopic (exact) mass is 543 g/mol. The lowest BCUT2D eigenvalue weighted by atomic mass is 9.99. The first kappa shape index (κ1) is 37.8. The van der Waals surface area contributed by atoms with Gasteiger partial charge in [-0.25, -0.2) is 0 Å². The second-order valence-electron chi connectivity index (χ2n) is 8.49. The van der Waals surface area contributed by atoms with Crippen molar-refractivity contribution in [1.82, 2.24) is 15.1 Å². The van der Waals surface area contributed by atoms with Gasteiger partial charge in [0.25, 0.3) is 5.91 Å². The Bertz CT molecular complexity index is 814. The number of rotatable bonds is 13. The molecule has 1 aliphatic rings. The Morgan fingerprint density at radius 3 is 2.16 bits per heavy atom. The molecule has 5 nitrogen and oxygen atoms in total. The van der Waals surface area contributed by atoms with Crippen LogP contribution in [-0.4, -0.2) is 72.4 Å². The van der Waals surface area contributed by atoms with E-state index in [4.69, 9.17) is 5.11 Å². The third-order valence-electron chi connectivity index (χ3n) is 5.90. The maximum absolute atomic E-state index is 14.2. The fraction of sp³-hybridized carbons (Fsp3) is 0.633. The Morgan fingerprint density at radius 2 is 1.74 bits per heavy atom. The molecular weight excluding hydrogens is 491 g/mol. The van der Waals surface area contributed by atoms with Crippen LogP contribution >= 0.6 is 0 Å². The molecule has 1 heterocycles. The second-order valence-corrected chi connectivity index (χ2v) is 8.49. The fourth-order valence-corrected chi connectivity index (χ4v) is 3.96. The highest BCUT2D eigenvalue weighted by Gasteiger charge is 2.45. The van der Waals surface area contributed by atoms with E-state index in [1.807, 2.05) is 41.5 Å². The number of nitrogens with one attached hydrogen (secondary N) is 1. The van der Waals surface area contributed by atoms with Crippen LogP contribution in [0.3, 0.4) is 0 Å². The first-order valence-corrected chi connectivity index (χ1v) is 13.9. The highest BCUT2D eigenvalue weighted by molar-refractivity contribution is 5.94. The zero-order valence-electron chi connectivity index (χ0n) is 25.1. The Morgan fingerprint density at radius 1 is 1.13 bits per heavy atom. The van der Waals surface area contributed by atoms with Crippen LogP contribution in [0.5, 0.6) is 0 Å². The summed E-state index contributed by atoms with van der Waals surface area (Å²) in [7, 11) is 0. The molecule has 0 radical (unpaired) electrons. The Hall–Kier alpha value is -2.32. The van der Waals surface area contributed by atoms with Crippen LogP contribution in [0.2, 0.25) is 0 Å². The molecule has 38 heavy (non-hydrogen) atoms. The first-order chi connectivity index (χ1) is 18.0. The van der Waals surface area contributed by atoms with Gasteiger partial charge in [-0.1, -0.05) is 84.4 Å². The number of nitrogens with zero attached hydrogens (tertiary/aromatic N) is 2. The molecule has 0 fully saturated rings. The molecule has 1 amide bonds. The number of aliphatic hydroxyl groups excluding tert-OH is 1. The molecule has 0 saturated carbocycles. The summed E-state index contributed by atoms with van der Waals surface area (Å²) < 4.78 is 42.6. The van der Waals surface area contributed by atoms with Crippen molar-refractivity contribution in [2.75, 3.05) is 39.3 Å². The SMILES string of the molecule is C=C(C)/C=C\C(=C/C)C(N(CC)CC(CC)CN(CC)C(=O)C1=C/C(=C/CO)CN1)C(F)(F)F.CC.CC. The van der Waals surface area contributed by atoms with Gasteiger partial charge in [0.2, 0.25) is 0 Å². The fourth-order valence-electron chi connectivity index (χ4n) is 3.96. The molecule has 0 saturated heterocycles. The number of hydrogen-bond donors (Lipinski definition) is 2. The summed E-state index contributed by atoms with van der Waals surface area (Å²) in [6.45, 7) is 22.2. The van der Waals surface area contributed by atoms with E-state index in [-0.39, 0.29) is 37.1 Å². The predicted molar refractivity (Wildman–Crippen MR) is 155 cm³/mol. The molecule has 0 spiro atoms. The van der Waals surface area contributed by atoms with Crippen LogP contribution in [0.4, 0.5) is 13.2 Å². The second kappa shape index (κ2) is 20.6. The normalized spacial score (nSPS) is 16.2. The highest BCUT2D eigenvalue weighted by atomic mass is 19.4. The minimum absolute atomic E-state index is 0.104. The van der Waals surface area contributed by atoms with Gasteiger partial charge in [-0.3, -0.25) is 9.69 Å². The molecule has 0 bridgehead atoms. The molecule has 0 aromatic carbocycles. The zero-order valence-corrected chi connectivity index (χ0v) is 25.1. The predicted octanol–water partition coefficient (Wildman–Crippen LogP) is 6.65. The number of likely N-dealkylation sites (N-methyl/N-ethyl adjacent to an activating group) is 2. The van der Waals surface area contributed by atoms with Crippen molar-refractivity contribution < 1.29 is 23.1 Å². The van der Waals surface area contributed by atoms with Gasteiger partial charge in [0.1, 0.15) is 11.7 Å². The molecule has 1 aliphatic heterocycles. The highest BCUT2D eigenvalue weighted by Crippen LogP contribution is 2.32. The van der Waals surface area contributed by atoms with Crippen LogP contribution in [0, 0.1) is 5.92 Å². The maximum atomic E-state index is 14.2. The standard InChI is InChI=1S/C26H40F3N3O2.2C2H6/c1-7-20(18-32(10-4)25(34)23-15-21(13-14-33)16-30-23)17-31(9-3)24(26(27,28)29)22(8-2)12-11-19(5)6;2*1-2/h8,11-13,15,20,24,30,33H,5,7,9-10,14,16-18H2,1-4,6H3;2*1-2H3/b12-11-,21-13-,22-8+;;. The van der Waals surface area contributed by atoms with E-state index in [0.29, 0.717) is 37.3 Å².